The number of methoxy groups -OCH3 is 2. The standard InChI is InChI=1S/C18H37B2O10P/c1-6-18(3,7-2)26-8-11-13(15(25-5)17(20)29-11)30-31(22,23)27-9-10-12(21)14(24-4)16(19)28-10/h10-17,21H,6-9,19-20H2,1-5H3,(H,22,23). The van der Waals surface area contributed by atoms with Crippen LogP contribution in [0.2, 0.25) is 0 Å². The molecule has 0 aliphatic carbocycles. The Morgan fingerprint density at radius 1 is 0.968 bits per heavy atom. The highest BCUT2D eigenvalue weighted by Crippen LogP contribution is 2.48. The Kier molecular flexibility index (Phi) is 10.0. The third kappa shape index (κ3) is 6.76. The van der Waals surface area contributed by atoms with Crippen LogP contribution in [-0.2, 0) is 37.3 Å². The molecule has 9 atom stereocenters. The highest BCUT2D eigenvalue weighted by atomic mass is 31.2. The zero-order valence-corrected chi connectivity index (χ0v) is 20.4. The number of aliphatic hydroxyl groups is 1. The van der Waals surface area contributed by atoms with Crippen molar-refractivity contribution in [2.45, 2.75) is 87.8 Å². The fraction of sp³-hybridized carbons (Fsp3) is 1.00. The van der Waals surface area contributed by atoms with E-state index in [1.54, 1.807) is 7.85 Å². The molecule has 0 spiro atoms. The molecule has 0 aromatic heterocycles. The van der Waals surface area contributed by atoms with E-state index in [1.807, 2.05) is 28.6 Å². The van der Waals surface area contributed by atoms with Crippen LogP contribution in [0.5, 0.6) is 0 Å². The van der Waals surface area contributed by atoms with E-state index < -0.39 is 44.4 Å². The van der Waals surface area contributed by atoms with Crippen molar-refractivity contribution in [1.82, 2.24) is 0 Å². The van der Waals surface area contributed by atoms with E-state index in [0.29, 0.717) is 0 Å². The summed E-state index contributed by atoms with van der Waals surface area (Å²) in [6.45, 7) is 5.95. The molecule has 2 aliphatic heterocycles. The largest absolute Gasteiger partial charge is 0.472 e. The molecule has 13 heteroatoms. The normalized spacial score (nSPS) is 38.4. The minimum atomic E-state index is -4.51. The summed E-state index contributed by atoms with van der Waals surface area (Å²) >= 11 is 0. The lowest BCUT2D eigenvalue weighted by molar-refractivity contribution is -0.0996. The monoisotopic (exact) mass is 466 g/mol. The molecule has 2 N–H and O–H groups in total. The zero-order valence-electron chi connectivity index (χ0n) is 19.6. The summed E-state index contributed by atoms with van der Waals surface area (Å²) in [5.74, 6) is 0. The first kappa shape index (κ1) is 27.2. The molecule has 2 aliphatic rings. The van der Waals surface area contributed by atoms with E-state index in [-0.39, 0.29) is 30.8 Å². The summed E-state index contributed by atoms with van der Waals surface area (Å²) in [5, 5.41) is 10.3. The first-order valence-electron chi connectivity index (χ1n) is 10.8. The predicted octanol–water partition coefficient (Wildman–Crippen LogP) is -0.809. The van der Waals surface area contributed by atoms with E-state index in [1.165, 1.54) is 14.2 Å². The van der Waals surface area contributed by atoms with Crippen LogP contribution in [0.1, 0.15) is 33.6 Å². The van der Waals surface area contributed by atoms with Crippen LogP contribution in [0.15, 0.2) is 0 Å². The molecule has 0 aromatic carbocycles. The molecule has 2 fully saturated rings. The number of aliphatic hydroxyl groups excluding tert-OH is 1. The average Bonchev–Trinajstić information content (AvgIpc) is 3.18. The van der Waals surface area contributed by atoms with Gasteiger partial charge in [0.25, 0.3) is 0 Å². The van der Waals surface area contributed by atoms with Gasteiger partial charge in [-0.25, -0.2) is 4.57 Å². The van der Waals surface area contributed by atoms with Gasteiger partial charge in [-0.1, -0.05) is 13.8 Å². The molecular formula is C18H37B2O10P. The molecule has 0 aromatic rings. The maximum Gasteiger partial charge on any atom is 0.472 e. The predicted molar refractivity (Wildman–Crippen MR) is 118 cm³/mol. The molecule has 0 amide bonds. The SMILES string of the molecule is BC1OC(COP(=O)(O)OC2C(COC(C)(CC)CC)OC(B)C2OC)C(O)C1OC. The number of hydrogen-bond acceptors (Lipinski definition) is 9. The van der Waals surface area contributed by atoms with Gasteiger partial charge in [0.2, 0.25) is 0 Å². The smallest absolute Gasteiger partial charge is 0.388 e. The van der Waals surface area contributed by atoms with Crippen molar-refractivity contribution < 1.29 is 47.3 Å². The van der Waals surface area contributed by atoms with Crippen molar-refractivity contribution in [2.24, 2.45) is 0 Å². The molecule has 2 heterocycles. The maximum atomic E-state index is 12.7. The van der Waals surface area contributed by atoms with Crippen molar-refractivity contribution >= 4 is 23.5 Å². The van der Waals surface area contributed by atoms with Crippen LogP contribution >= 0.6 is 7.82 Å². The molecule has 2 saturated heterocycles. The Morgan fingerprint density at radius 2 is 1.52 bits per heavy atom. The number of rotatable bonds is 12. The second-order valence-corrected chi connectivity index (χ2v) is 9.86. The maximum absolute atomic E-state index is 12.7. The molecule has 0 bridgehead atoms. The molecule has 0 saturated carbocycles. The van der Waals surface area contributed by atoms with E-state index >= 15 is 0 Å². The fourth-order valence-electron chi connectivity index (χ4n) is 3.98. The van der Waals surface area contributed by atoms with Gasteiger partial charge in [0.1, 0.15) is 52.3 Å². The minimum Gasteiger partial charge on any atom is -0.388 e. The quantitative estimate of drug-likeness (QED) is 0.279. The Balaban J connectivity index is 2.01. The molecule has 31 heavy (non-hydrogen) atoms. The number of ether oxygens (including phenoxy) is 5. The lowest BCUT2D eigenvalue weighted by Gasteiger charge is -2.31. The first-order valence-corrected chi connectivity index (χ1v) is 12.3. The molecule has 10 nitrogen and oxygen atoms in total. The second-order valence-electron chi connectivity index (χ2n) is 8.45. The van der Waals surface area contributed by atoms with Crippen LogP contribution < -0.4 is 0 Å². The second kappa shape index (κ2) is 11.4. The molecule has 2 rings (SSSR count). The van der Waals surface area contributed by atoms with Crippen LogP contribution in [0.3, 0.4) is 0 Å². The van der Waals surface area contributed by atoms with Gasteiger partial charge in [-0.15, -0.1) is 0 Å². The van der Waals surface area contributed by atoms with Crippen molar-refractivity contribution in [2.75, 3.05) is 27.4 Å². The van der Waals surface area contributed by atoms with Crippen LogP contribution in [-0.4, -0.2) is 107 Å². The van der Waals surface area contributed by atoms with Crippen molar-refractivity contribution in [3.63, 3.8) is 0 Å². The van der Waals surface area contributed by atoms with Gasteiger partial charge in [0.05, 0.1) is 30.8 Å². The van der Waals surface area contributed by atoms with Crippen molar-refractivity contribution in [3.05, 3.63) is 0 Å². The van der Waals surface area contributed by atoms with Crippen LogP contribution in [0.25, 0.3) is 0 Å². The summed E-state index contributed by atoms with van der Waals surface area (Å²) in [7, 11) is 2.00. The molecule has 180 valence electrons. The lowest BCUT2D eigenvalue weighted by Crippen LogP contribution is -2.40. The van der Waals surface area contributed by atoms with Crippen LogP contribution in [0, 0.1) is 0 Å². The summed E-state index contributed by atoms with van der Waals surface area (Å²) in [5.41, 5.74) is -0.327. The van der Waals surface area contributed by atoms with Gasteiger partial charge >= 0.3 is 7.82 Å². The average molecular weight is 466 g/mol. The third-order valence-electron chi connectivity index (χ3n) is 6.40. The lowest BCUT2D eigenvalue weighted by atomic mass is 9.93. The van der Waals surface area contributed by atoms with Gasteiger partial charge in [0, 0.05) is 14.2 Å². The summed E-state index contributed by atoms with van der Waals surface area (Å²) < 4.78 is 51.5. The molecular weight excluding hydrogens is 429 g/mol. The number of hydrogen-bond donors (Lipinski definition) is 2. The molecule has 9 unspecified atom stereocenters. The van der Waals surface area contributed by atoms with Gasteiger partial charge in [0.15, 0.2) is 0 Å². The topological polar surface area (TPSA) is 122 Å². The summed E-state index contributed by atoms with van der Waals surface area (Å²) in [6.07, 6.45) is -2.74. The minimum absolute atomic E-state index is 0.185. The van der Waals surface area contributed by atoms with Crippen molar-refractivity contribution in [1.29, 1.82) is 0 Å². The zero-order chi connectivity index (χ0) is 23.4. The Morgan fingerprint density at radius 3 is 2.03 bits per heavy atom. The van der Waals surface area contributed by atoms with Gasteiger partial charge < -0.3 is 33.7 Å². The number of phosphoric acid groups is 1. The summed E-state index contributed by atoms with van der Waals surface area (Å²) in [4.78, 5) is 10.3. The van der Waals surface area contributed by atoms with Gasteiger partial charge in [-0.2, -0.15) is 0 Å². The van der Waals surface area contributed by atoms with E-state index in [4.69, 9.17) is 32.7 Å². The Hall–Kier alpha value is -0.000130. The summed E-state index contributed by atoms with van der Waals surface area (Å²) in [6, 6.07) is -0.732. The Bertz CT molecular complexity index is 610. The van der Waals surface area contributed by atoms with Gasteiger partial charge in [-0.3, -0.25) is 9.05 Å². The highest BCUT2D eigenvalue weighted by molar-refractivity contribution is 7.47. The van der Waals surface area contributed by atoms with E-state index in [0.717, 1.165) is 12.8 Å². The van der Waals surface area contributed by atoms with E-state index in [9.17, 15) is 14.6 Å². The van der Waals surface area contributed by atoms with E-state index in [2.05, 4.69) is 0 Å². The Labute approximate surface area is 186 Å². The third-order valence-corrected chi connectivity index (χ3v) is 7.39. The van der Waals surface area contributed by atoms with Crippen molar-refractivity contribution in [3.8, 4) is 0 Å². The highest BCUT2D eigenvalue weighted by Gasteiger charge is 2.48. The van der Waals surface area contributed by atoms with Gasteiger partial charge in [-0.05, 0) is 19.8 Å². The molecule has 0 radical (unpaired) electrons. The van der Waals surface area contributed by atoms with Crippen LogP contribution in [0.4, 0.5) is 0 Å². The number of phosphoric ester groups is 1. The fourth-order valence-corrected chi connectivity index (χ4v) is 4.94. The first-order chi connectivity index (χ1) is 14.5.